The maximum atomic E-state index is 13.0. The van der Waals surface area contributed by atoms with Crippen molar-refractivity contribution in [3.8, 4) is 16.9 Å². The predicted molar refractivity (Wildman–Crippen MR) is 95.9 cm³/mol. The number of hydrogen-bond acceptors (Lipinski definition) is 4. The van der Waals surface area contributed by atoms with E-state index in [2.05, 4.69) is 4.98 Å². The van der Waals surface area contributed by atoms with Gasteiger partial charge in [-0.2, -0.15) is 0 Å². The van der Waals surface area contributed by atoms with Gasteiger partial charge in [0, 0.05) is 11.8 Å². The minimum absolute atomic E-state index is 0.163. The number of benzene rings is 2. The van der Waals surface area contributed by atoms with Crippen molar-refractivity contribution in [2.75, 3.05) is 7.11 Å². The molecule has 0 spiro atoms. The number of carbonyl (C=O) groups excluding carboxylic acids is 1. The van der Waals surface area contributed by atoms with Crippen molar-refractivity contribution < 1.29 is 13.9 Å². The standard InChI is InChI=1S/C21H15NO3/c1-24-16-11-9-14(10-12-16)18-19-17(8-5-13-22-19)25-21(18)20(23)15-6-3-2-4-7-15/h2-13H,1H3. The molecule has 4 nitrogen and oxygen atoms in total. The van der Waals surface area contributed by atoms with Crippen molar-refractivity contribution in [1.82, 2.24) is 4.98 Å². The topological polar surface area (TPSA) is 52.3 Å². The summed E-state index contributed by atoms with van der Waals surface area (Å²) in [4.78, 5) is 17.4. The van der Waals surface area contributed by atoms with Crippen LogP contribution in [0.25, 0.3) is 22.2 Å². The number of ketones is 1. The Hall–Kier alpha value is -3.40. The minimum atomic E-state index is -0.163. The quantitative estimate of drug-likeness (QED) is 0.508. The van der Waals surface area contributed by atoms with Gasteiger partial charge in [-0.3, -0.25) is 9.78 Å². The van der Waals surface area contributed by atoms with Crippen LogP contribution < -0.4 is 4.74 Å². The molecule has 25 heavy (non-hydrogen) atoms. The molecule has 0 atom stereocenters. The van der Waals surface area contributed by atoms with Crippen LogP contribution in [0.1, 0.15) is 16.1 Å². The van der Waals surface area contributed by atoms with Gasteiger partial charge in [0.05, 0.1) is 12.7 Å². The Morgan fingerprint density at radius 3 is 2.44 bits per heavy atom. The average Bonchev–Trinajstić information content (AvgIpc) is 3.07. The number of nitrogens with zero attached hydrogens (tertiary/aromatic N) is 1. The second-order valence-corrected chi connectivity index (χ2v) is 5.58. The lowest BCUT2D eigenvalue weighted by atomic mass is 10.00. The molecule has 0 aliphatic rings. The van der Waals surface area contributed by atoms with Crippen LogP contribution in [0.15, 0.2) is 77.3 Å². The molecule has 4 rings (SSSR count). The number of ether oxygens (including phenoxy) is 1. The summed E-state index contributed by atoms with van der Waals surface area (Å²) in [6.07, 6.45) is 1.70. The third-order valence-corrected chi connectivity index (χ3v) is 4.07. The van der Waals surface area contributed by atoms with E-state index >= 15 is 0 Å². The smallest absolute Gasteiger partial charge is 0.228 e. The zero-order valence-electron chi connectivity index (χ0n) is 13.6. The summed E-state index contributed by atoms with van der Waals surface area (Å²) in [5.41, 5.74) is 3.40. The summed E-state index contributed by atoms with van der Waals surface area (Å²) in [6, 6.07) is 20.2. The number of hydrogen-bond donors (Lipinski definition) is 0. The van der Waals surface area contributed by atoms with Gasteiger partial charge in [-0.1, -0.05) is 42.5 Å². The van der Waals surface area contributed by atoms with Crippen LogP contribution in [0.2, 0.25) is 0 Å². The molecule has 2 heterocycles. The van der Waals surface area contributed by atoms with Gasteiger partial charge >= 0.3 is 0 Å². The van der Waals surface area contributed by atoms with Gasteiger partial charge < -0.3 is 9.15 Å². The van der Waals surface area contributed by atoms with Crippen molar-refractivity contribution >= 4 is 16.9 Å². The Bertz CT molecular complexity index is 1030. The molecule has 0 radical (unpaired) electrons. The second kappa shape index (κ2) is 6.24. The third-order valence-electron chi connectivity index (χ3n) is 4.07. The first-order valence-electron chi connectivity index (χ1n) is 7.89. The number of rotatable bonds is 4. The van der Waals surface area contributed by atoms with Crippen LogP contribution in [0, 0.1) is 0 Å². The molecule has 0 bridgehead atoms. The zero-order chi connectivity index (χ0) is 17.2. The second-order valence-electron chi connectivity index (χ2n) is 5.58. The molecule has 0 saturated heterocycles. The predicted octanol–water partition coefficient (Wildman–Crippen LogP) is 4.73. The van der Waals surface area contributed by atoms with Crippen LogP contribution >= 0.6 is 0 Å². The highest BCUT2D eigenvalue weighted by atomic mass is 16.5. The Morgan fingerprint density at radius 1 is 0.960 bits per heavy atom. The molecule has 4 heteroatoms. The molecule has 0 fully saturated rings. The fourth-order valence-electron chi connectivity index (χ4n) is 2.84. The van der Waals surface area contributed by atoms with E-state index in [9.17, 15) is 4.79 Å². The SMILES string of the molecule is COc1ccc(-c2c(C(=O)c3ccccc3)oc3cccnc23)cc1. The molecule has 2 aromatic carbocycles. The molecule has 0 saturated carbocycles. The number of pyridine rings is 1. The summed E-state index contributed by atoms with van der Waals surface area (Å²) in [6.45, 7) is 0. The molecule has 2 aromatic heterocycles. The Labute approximate surface area is 144 Å². The van der Waals surface area contributed by atoms with Gasteiger partial charge in [-0.05, 0) is 29.8 Å². The molecule has 0 amide bonds. The number of methoxy groups -OCH3 is 1. The number of carbonyl (C=O) groups is 1. The lowest BCUT2D eigenvalue weighted by molar-refractivity contribution is 0.101. The zero-order valence-corrected chi connectivity index (χ0v) is 13.6. The maximum Gasteiger partial charge on any atom is 0.228 e. The molecular weight excluding hydrogens is 314 g/mol. The lowest BCUT2D eigenvalue weighted by Gasteiger charge is -2.05. The van der Waals surface area contributed by atoms with Crippen molar-refractivity contribution in [3.63, 3.8) is 0 Å². The summed E-state index contributed by atoms with van der Waals surface area (Å²) in [5, 5.41) is 0. The molecule has 122 valence electrons. The summed E-state index contributed by atoms with van der Waals surface area (Å²) in [7, 11) is 1.62. The minimum Gasteiger partial charge on any atom is -0.497 e. The van der Waals surface area contributed by atoms with Crippen molar-refractivity contribution in [2.45, 2.75) is 0 Å². The van der Waals surface area contributed by atoms with Crippen LogP contribution in [-0.4, -0.2) is 17.9 Å². The Balaban J connectivity index is 1.93. The third kappa shape index (κ3) is 2.68. The van der Waals surface area contributed by atoms with Gasteiger partial charge in [-0.25, -0.2) is 0 Å². The molecule has 0 N–H and O–H groups in total. The van der Waals surface area contributed by atoms with E-state index in [-0.39, 0.29) is 5.78 Å². The normalized spacial score (nSPS) is 10.8. The Kier molecular flexibility index (Phi) is 3.78. The molecule has 0 aliphatic carbocycles. The van der Waals surface area contributed by atoms with Crippen molar-refractivity contribution in [1.29, 1.82) is 0 Å². The molecule has 0 aliphatic heterocycles. The fraction of sp³-hybridized carbons (Fsp3) is 0.0476. The van der Waals surface area contributed by atoms with Gasteiger partial charge in [0.15, 0.2) is 11.3 Å². The van der Waals surface area contributed by atoms with Crippen molar-refractivity contribution in [2.24, 2.45) is 0 Å². The van der Waals surface area contributed by atoms with E-state index in [1.807, 2.05) is 48.5 Å². The molecule has 4 aromatic rings. The van der Waals surface area contributed by atoms with Crippen LogP contribution in [0.5, 0.6) is 5.75 Å². The first-order chi connectivity index (χ1) is 12.3. The average molecular weight is 329 g/mol. The largest absolute Gasteiger partial charge is 0.497 e. The van der Waals surface area contributed by atoms with Crippen LogP contribution in [0.3, 0.4) is 0 Å². The van der Waals surface area contributed by atoms with E-state index in [4.69, 9.17) is 9.15 Å². The summed E-state index contributed by atoms with van der Waals surface area (Å²) >= 11 is 0. The first kappa shape index (κ1) is 15.1. The monoisotopic (exact) mass is 329 g/mol. The van der Waals surface area contributed by atoms with E-state index in [1.54, 1.807) is 31.5 Å². The lowest BCUT2D eigenvalue weighted by Crippen LogP contribution is -2.01. The van der Waals surface area contributed by atoms with Crippen LogP contribution in [0.4, 0.5) is 0 Å². The van der Waals surface area contributed by atoms with Gasteiger partial charge in [0.2, 0.25) is 5.78 Å². The van der Waals surface area contributed by atoms with E-state index in [1.165, 1.54) is 0 Å². The first-order valence-corrected chi connectivity index (χ1v) is 7.89. The van der Waals surface area contributed by atoms with Gasteiger partial charge in [-0.15, -0.1) is 0 Å². The van der Waals surface area contributed by atoms with Crippen molar-refractivity contribution in [3.05, 3.63) is 84.3 Å². The van der Waals surface area contributed by atoms with Gasteiger partial charge in [0.25, 0.3) is 0 Å². The van der Waals surface area contributed by atoms with E-state index < -0.39 is 0 Å². The van der Waals surface area contributed by atoms with Gasteiger partial charge in [0.1, 0.15) is 11.3 Å². The summed E-state index contributed by atoms with van der Waals surface area (Å²) < 4.78 is 11.1. The highest BCUT2D eigenvalue weighted by Gasteiger charge is 2.23. The highest BCUT2D eigenvalue weighted by Crippen LogP contribution is 2.35. The van der Waals surface area contributed by atoms with Crippen LogP contribution in [-0.2, 0) is 0 Å². The maximum absolute atomic E-state index is 13.0. The Morgan fingerprint density at radius 2 is 1.72 bits per heavy atom. The van der Waals surface area contributed by atoms with E-state index in [0.29, 0.717) is 28.0 Å². The number of fused-ring (bicyclic) bond motifs is 1. The highest BCUT2D eigenvalue weighted by molar-refractivity contribution is 6.15. The van der Waals surface area contributed by atoms with E-state index in [0.717, 1.165) is 11.3 Å². The number of aromatic nitrogens is 1. The molecule has 0 unspecified atom stereocenters. The number of furan rings is 1. The molecular formula is C21H15NO3. The summed E-state index contributed by atoms with van der Waals surface area (Å²) in [5.74, 6) is 0.884. The fourth-order valence-corrected chi connectivity index (χ4v) is 2.84.